The van der Waals surface area contributed by atoms with Crippen LogP contribution in [0.25, 0.3) is 0 Å². The SMILES string of the molecule is c1cc(C2(c3ccc(CN(CC4CO4)CC4CO4)cc3)CCCCC2)ccc1CN(CC1CO1)CC1CO1. The summed E-state index contributed by atoms with van der Waals surface area (Å²) in [6.07, 6.45) is 8.08. The second-order valence-electron chi connectivity index (χ2n) is 12.2. The molecule has 6 heteroatoms. The Morgan fingerprint density at radius 3 is 1.18 bits per heavy atom. The lowest BCUT2D eigenvalue weighted by Crippen LogP contribution is -2.32. The second kappa shape index (κ2) is 11.0. The monoisotopic (exact) mass is 518 g/mol. The molecule has 4 heterocycles. The Kier molecular flexibility index (Phi) is 7.29. The predicted octanol–water partition coefficient (Wildman–Crippen LogP) is 4.14. The zero-order chi connectivity index (χ0) is 25.4. The third-order valence-electron chi connectivity index (χ3n) is 8.99. The van der Waals surface area contributed by atoms with Crippen molar-refractivity contribution in [2.45, 2.75) is 75.0 Å². The summed E-state index contributed by atoms with van der Waals surface area (Å²) in [6, 6.07) is 19.1. The van der Waals surface area contributed by atoms with Crippen molar-refractivity contribution in [3.63, 3.8) is 0 Å². The number of hydrogen-bond acceptors (Lipinski definition) is 6. The van der Waals surface area contributed by atoms with Gasteiger partial charge in [-0.1, -0.05) is 67.8 Å². The van der Waals surface area contributed by atoms with Gasteiger partial charge in [0.25, 0.3) is 0 Å². The molecule has 6 nitrogen and oxygen atoms in total. The molecule has 1 saturated carbocycles. The maximum absolute atomic E-state index is 5.51. The zero-order valence-corrected chi connectivity index (χ0v) is 22.6. The van der Waals surface area contributed by atoms with Crippen molar-refractivity contribution in [2.75, 3.05) is 52.6 Å². The van der Waals surface area contributed by atoms with Crippen LogP contribution in [-0.4, -0.2) is 86.8 Å². The Morgan fingerprint density at radius 1 is 0.526 bits per heavy atom. The third kappa shape index (κ3) is 6.49. The normalized spacial score (nSPS) is 29.0. The van der Waals surface area contributed by atoms with Gasteiger partial charge in [-0.05, 0) is 35.1 Å². The first kappa shape index (κ1) is 25.2. The summed E-state index contributed by atoms with van der Waals surface area (Å²) in [6.45, 7) is 9.61. The molecule has 2 aromatic rings. The van der Waals surface area contributed by atoms with Crippen molar-refractivity contribution in [3.05, 3.63) is 70.8 Å². The average molecular weight is 519 g/mol. The Morgan fingerprint density at radius 2 is 0.868 bits per heavy atom. The topological polar surface area (TPSA) is 56.6 Å². The molecule has 5 fully saturated rings. The first-order valence-electron chi connectivity index (χ1n) is 14.8. The minimum Gasteiger partial charge on any atom is -0.372 e. The number of hydrogen-bond donors (Lipinski definition) is 0. The first-order chi connectivity index (χ1) is 18.7. The van der Waals surface area contributed by atoms with Crippen LogP contribution in [0, 0.1) is 0 Å². The summed E-state index contributed by atoms with van der Waals surface area (Å²) in [7, 11) is 0. The van der Waals surface area contributed by atoms with Gasteiger partial charge in [0.2, 0.25) is 0 Å². The van der Waals surface area contributed by atoms with Gasteiger partial charge in [0.05, 0.1) is 50.8 Å². The van der Waals surface area contributed by atoms with E-state index in [-0.39, 0.29) is 5.41 Å². The molecule has 0 amide bonds. The van der Waals surface area contributed by atoms with Crippen LogP contribution in [-0.2, 0) is 37.5 Å². The molecule has 5 aliphatic rings. The smallest absolute Gasteiger partial charge is 0.0936 e. The van der Waals surface area contributed by atoms with Crippen LogP contribution in [0.5, 0.6) is 0 Å². The molecule has 4 saturated heterocycles. The lowest BCUT2D eigenvalue weighted by atomic mass is 9.65. The van der Waals surface area contributed by atoms with Crippen molar-refractivity contribution < 1.29 is 18.9 Å². The minimum absolute atomic E-state index is 0.127. The highest BCUT2D eigenvalue weighted by Crippen LogP contribution is 2.45. The van der Waals surface area contributed by atoms with Gasteiger partial charge in [-0.15, -0.1) is 0 Å². The summed E-state index contributed by atoms with van der Waals surface area (Å²) >= 11 is 0. The Balaban J connectivity index is 1.05. The number of epoxide rings is 4. The third-order valence-corrected chi connectivity index (χ3v) is 8.99. The highest BCUT2D eigenvalue weighted by atomic mass is 16.6. The molecule has 1 aliphatic carbocycles. The van der Waals surface area contributed by atoms with Crippen molar-refractivity contribution >= 4 is 0 Å². The second-order valence-corrected chi connectivity index (χ2v) is 12.2. The Labute approximate surface area is 227 Å². The summed E-state index contributed by atoms with van der Waals surface area (Å²) in [4.78, 5) is 5.01. The maximum atomic E-state index is 5.51. The fraction of sp³-hybridized carbons (Fsp3) is 0.625. The van der Waals surface area contributed by atoms with Crippen molar-refractivity contribution in [1.29, 1.82) is 0 Å². The summed E-state index contributed by atoms with van der Waals surface area (Å²) in [5.74, 6) is 0. The Bertz CT molecular complexity index is 944. The van der Waals surface area contributed by atoms with Crippen LogP contribution < -0.4 is 0 Å². The van der Waals surface area contributed by atoms with E-state index in [2.05, 4.69) is 58.3 Å². The van der Waals surface area contributed by atoms with Gasteiger partial charge < -0.3 is 18.9 Å². The molecule has 0 aromatic heterocycles. The largest absolute Gasteiger partial charge is 0.372 e. The predicted molar refractivity (Wildman–Crippen MR) is 146 cm³/mol. The zero-order valence-electron chi connectivity index (χ0n) is 22.6. The van der Waals surface area contributed by atoms with Gasteiger partial charge in [0, 0.05) is 44.7 Å². The van der Waals surface area contributed by atoms with Gasteiger partial charge in [0.1, 0.15) is 0 Å². The van der Waals surface area contributed by atoms with E-state index < -0.39 is 0 Å². The van der Waals surface area contributed by atoms with Gasteiger partial charge in [0.15, 0.2) is 0 Å². The molecule has 7 rings (SSSR count). The van der Waals surface area contributed by atoms with Crippen LogP contribution in [0.15, 0.2) is 48.5 Å². The minimum atomic E-state index is 0.127. The van der Waals surface area contributed by atoms with Crippen LogP contribution in [0.2, 0.25) is 0 Å². The first-order valence-corrected chi connectivity index (χ1v) is 14.8. The lowest BCUT2D eigenvalue weighted by molar-refractivity contribution is 0.213. The summed E-state index contributed by atoms with van der Waals surface area (Å²) in [5.41, 5.74) is 5.86. The molecule has 0 radical (unpaired) electrons. The molecule has 0 N–H and O–H groups in total. The Hall–Kier alpha value is -1.80. The molecule has 2 aromatic carbocycles. The van der Waals surface area contributed by atoms with Crippen LogP contribution >= 0.6 is 0 Å². The van der Waals surface area contributed by atoms with Crippen molar-refractivity contribution in [2.24, 2.45) is 0 Å². The van der Waals surface area contributed by atoms with Gasteiger partial charge >= 0.3 is 0 Å². The van der Waals surface area contributed by atoms with E-state index in [4.69, 9.17) is 18.9 Å². The van der Waals surface area contributed by atoms with E-state index in [1.165, 1.54) is 54.4 Å². The number of ether oxygens (including phenoxy) is 4. The van der Waals surface area contributed by atoms with E-state index in [9.17, 15) is 0 Å². The molecular formula is C32H42N2O4. The maximum Gasteiger partial charge on any atom is 0.0936 e. The molecule has 38 heavy (non-hydrogen) atoms. The van der Waals surface area contributed by atoms with E-state index in [0.717, 1.165) is 65.7 Å². The molecule has 4 atom stereocenters. The van der Waals surface area contributed by atoms with Gasteiger partial charge in [-0.2, -0.15) is 0 Å². The summed E-state index contributed by atoms with van der Waals surface area (Å²) in [5, 5.41) is 0. The quantitative estimate of drug-likeness (QED) is 0.351. The standard InChI is InChI=1S/C32H42N2O4/c1-2-12-32(13-3-1,26-8-4-24(5-9-26)14-33(16-28-20-35-28)17-29-21-36-29)27-10-6-25(7-11-27)15-34(18-30-22-37-30)19-31-23-38-31/h4-11,28-31H,1-3,12-23H2. The van der Waals surface area contributed by atoms with E-state index in [0.29, 0.717) is 24.4 Å². The van der Waals surface area contributed by atoms with Crippen LogP contribution in [0.3, 0.4) is 0 Å². The van der Waals surface area contributed by atoms with Crippen LogP contribution in [0.4, 0.5) is 0 Å². The van der Waals surface area contributed by atoms with E-state index in [1.807, 2.05) is 0 Å². The number of rotatable bonds is 14. The molecule has 4 unspecified atom stereocenters. The number of benzene rings is 2. The fourth-order valence-corrected chi connectivity index (χ4v) is 6.53. The van der Waals surface area contributed by atoms with Crippen molar-refractivity contribution in [1.82, 2.24) is 9.80 Å². The highest BCUT2D eigenvalue weighted by Gasteiger charge is 2.36. The van der Waals surface area contributed by atoms with Gasteiger partial charge in [-0.25, -0.2) is 0 Å². The van der Waals surface area contributed by atoms with Crippen molar-refractivity contribution in [3.8, 4) is 0 Å². The van der Waals surface area contributed by atoms with Gasteiger partial charge in [-0.3, -0.25) is 9.80 Å². The van der Waals surface area contributed by atoms with E-state index in [1.54, 1.807) is 0 Å². The molecule has 0 spiro atoms. The highest BCUT2D eigenvalue weighted by molar-refractivity contribution is 5.42. The molecule has 204 valence electrons. The average Bonchev–Trinajstić information content (AvgIpc) is 3.75. The molecular weight excluding hydrogens is 476 g/mol. The fourth-order valence-electron chi connectivity index (χ4n) is 6.53. The summed E-state index contributed by atoms with van der Waals surface area (Å²) < 4.78 is 22.0. The van der Waals surface area contributed by atoms with E-state index >= 15 is 0 Å². The number of nitrogens with zero attached hydrogens (tertiary/aromatic N) is 2. The lowest BCUT2D eigenvalue weighted by Gasteiger charge is -2.39. The van der Waals surface area contributed by atoms with Crippen LogP contribution in [0.1, 0.15) is 54.4 Å². The molecule has 4 aliphatic heterocycles. The molecule has 0 bridgehead atoms.